The van der Waals surface area contributed by atoms with Crippen molar-refractivity contribution in [3.63, 3.8) is 0 Å². The van der Waals surface area contributed by atoms with Crippen molar-refractivity contribution in [1.29, 1.82) is 0 Å². The Bertz CT molecular complexity index is 633. The van der Waals surface area contributed by atoms with Gasteiger partial charge in [0.2, 0.25) is 5.13 Å². The molecule has 0 bridgehead atoms. The number of nitrogens with zero attached hydrogens (tertiary/aromatic N) is 2. The minimum absolute atomic E-state index is 0.268. The Balaban J connectivity index is 2.00. The second-order valence-corrected chi connectivity index (χ2v) is 6.90. The van der Waals surface area contributed by atoms with Crippen molar-refractivity contribution in [1.82, 2.24) is 10.2 Å². The molecular weight excluding hydrogens is 410 g/mol. The van der Waals surface area contributed by atoms with Gasteiger partial charge in [0.25, 0.3) is 5.91 Å². The first-order chi connectivity index (χ1) is 9.45. The lowest BCUT2D eigenvalue weighted by Crippen LogP contribution is -2.30. The molecule has 1 heterocycles. The van der Waals surface area contributed by atoms with Crippen molar-refractivity contribution < 1.29 is 9.53 Å². The van der Waals surface area contributed by atoms with Gasteiger partial charge in [0, 0.05) is 4.47 Å². The average molecular weight is 421 g/mol. The van der Waals surface area contributed by atoms with Gasteiger partial charge in [-0.15, -0.1) is 10.2 Å². The molecule has 0 aliphatic rings. The first-order valence-corrected chi connectivity index (χ1v) is 8.08. The van der Waals surface area contributed by atoms with Crippen molar-refractivity contribution in [2.24, 2.45) is 0 Å². The highest BCUT2D eigenvalue weighted by Gasteiger charge is 2.17. The summed E-state index contributed by atoms with van der Waals surface area (Å²) in [7, 11) is 0. The smallest absolute Gasteiger partial charge is 0.266 e. The number of hydrogen-bond donors (Lipinski definition) is 1. The van der Waals surface area contributed by atoms with Crippen LogP contribution in [0.2, 0.25) is 0 Å². The second-order valence-electron chi connectivity index (χ2n) is 3.95. The van der Waals surface area contributed by atoms with Gasteiger partial charge >= 0.3 is 0 Å². The van der Waals surface area contributed by atoms with E-state index >= 15 is 0 Å². The minimum atomic E-state index is -0.642. The van der Waals surface area contributed by atoms with Crippen molar-refractivity contribution in [3.8, 4) is 5.75 Å². The Morgan fingerprint density at radius 2 is 2.15 bits per heavy atom. The fraction of sp³-hybridized carbons (Fsp3) is 0.250. The Morgan fingerprint density at radius 1 is 1.40 bits per heavy atom. The SMILES string of the molecule is Cc1nnc(NC(=O)C(C)Oc2ccc(Br)cc2Br)s1. The van der Waals surface area contributed by atoms with E-state index in [9.17, 15) is 4.79 Å². The quantitative estimate of drug-likeness (QED) is 0.817. The number of carbonyl (C=O) groups excluding carboxylic acids is 1. The maximum atomic E-state index is 12.0. The van der Waals surface area contributed by atoms with Crippen LogP contribution in [0.25, 0.3) is 0 Å². The van der Waals surface area contributed by atoms with E-state index in [1.807, 2.05) is 19.1 Å². The number of anilines is 1. The van der Waals surface area contributed by atoms with Gasteiger partial charge < -0.3 is 4.74 Å². The molecular formula is C12H11Br2N3O2S. The highest BCUT2D eigenvalue weighted by molar-refractivity contribution is 9.11. The fourth-order valence-electron chi connectivity index (χ4n) is 1.37. The molecule has 2 aromatic rings. The zero-order valence-electron chi connectivity index (χ0n) is 10.7. The predicted octanol–water partition coefficient (Wildman–Crippen LogP) is 3.78. The molecule has 1 amide bonds. The summed E-state index contributed by atoms with van der Waals surface area (Å²) >= 11 is 8.07. The van der Waals surface area contributed by atoms with E-state index in [4.69, 9.17) is 4.74 Å². The first-order valence-electron chi connectivity index (χ1n) is 5.68. The summed E-state index contributed by atoms with van der Waals surface area (Å²) in [6.45, 7) is 3.50. The molecule has 2 rings (SSSR count). The van der Waals surface area contributed by atoms with Gasteiger partial charge in [0.1, 0.15) is 10.8 Å². The minimum Gasteiger partial charge on any atom is -0.480 e. The van der Waals surface area contributed by atoms with Crippen LogP contribution in [0.3, 0.4) is 0 Å². The van der Waals surface area contributed by atoms with Crippen molar-refractivity contribution in [2.45, 2.75) is 20.0 Å². The van der Waals surface area contributed by atoms with Crippen LogP contribution in [-0.2, 0) is 4.79 Å². The van der Waals surface area contributed by atoms with Gasteiger partial charge in [-0.1, -0.05) is 27.3 Å². The molecule has 5 nitrogen and oxygen atoms in total. The van der Waals surface area contributed by atoms with E-state index in [0.717, 1.165) is 14.0 Å². The molecule has 0 saturated carbocycles. The number of ether oxygens (including phenoxy) is 1. The summed E-state index contributed by atoms with van der Waals surface area (Å²) in [5.41, 5.74) is 0. The molecule has 1 unspecified atom stereocenters. The molecule has 1 atom stereocenters. The van der Waals surface area contributed by atoms with E-state index < -0.39 is 6.10 Å². The maximum absolute atomic E-state index is 12.0. The zero-order chi connectivity index (χ0) is 14.7. The Hall–Kier alpha value is -0.990. The number of aromatic nitrogens is 2. The summed E-state index contributed by atoms with van der Waals surface area (Å²) in [4.78, 5) is 12.0. The third kappa shape index (κ3) is 4.00. The topological polar surface area (TPSA) is 64.1 Å². The number of benzene rings is 1. The van der Waals surface area contributed by atoms with E-state index in [1.165, 1.54) is 11.3 Å². The molecule has 0 aliphatic carbocycles. The third-order valence-electron chi connectivity index (χ3n) is 2.32. The van der Waals surface area contributed by atoms with Crippen LogP contribution >= 0.6 is 43.2 Å². The molecule has 20 heavy (non-hydrogen) atoms. The van der Waals surface area contributed by atoms with Crippen molar-refractivity contribution in [3.05, 3.63) is 32.2 Å². The second kappa shape index (κ2) is 6.64. The Kier molecular flexibility index (Phi) is 5.11. The van der Waals surface area contributed by atoms with Crippen LogP contribution in [0.1, 0.15) is 11.9 Å². The molecule has 8 heteroatoms. The highest BCUT2D eigenvalue weighted by Crippen LogP contribution is 2.29. The Labute approximate surface area is 137 Å². The molecule has 0 spiro atoms. The van der Waals surface area contributed by atoms with Gasteiger partial charge in [0.15, 0.2) is 6.10 Å². The highest BCUT2D eigenvalue weighted by atomic mass is 79.9. The monoisotopic (exact) mass is 419 g/mol. The number of carbonyl (C=O) groups is 1. The first kappa shape index (κ1) is 15.4. The van der Waals surface area contributed by atoms with Crippen LogP contribution in [0.15, 0.2) is 27.1 Å². The summed E-state index contributed by atoms with van der Waals surface area (Å²) in [6.07, 6.45) is -0.642. The number of aryl methyl sites for hydroxylation is 1. The lowest BCUT2D eigenvalue weighted by molar-refractivity contribution is -0.122. The molecule has 0 aliphatic heterocycles. The largest absolute Gasteiger partial charge is 0.480 e. The normalized spacial score (nSPS) is 12.0. The van der Waals surface area contributed by atoms with Crippen LogP contribution < -0.4 is 10.1 Å². The molecule has 0 saturated heterocycles. The summed E-state index contributed by atoms with van der Waals surface area (Å²) in [5.74, 6) is 0.334. The molecule has 1 N–H and O–H groups in total. The van der Waals surface area contributed by atoms with E-state index in [2.05, 4.69) is 47.4 Å². The molecule has 0 fully saturated rings. The molecule has 106 valence electrons. The number of rotatable bonds is 4. The zero-order valence-corrected chi connectivity index (χ0v) is 14.7. The van der Waals surface area contributed by atoms with Gasteiger partial charge in [-0.3, -0.25) is 10.1 Å². The third-order valence-corrected chi connectivity index (χ3v) is 4.19. The van der Waals surface area contributed by atoms with E-state index in [1.54, 1.807) is 13.0 Å². The van der Waals surface area contributed by atoms with Gasteiger partial charge in [-0.05, 0) is 48.0 Å². The van der Waals surface area contributed by atoms with E-state index in [-0.39, 0.29) is 5.91 Å². The van der Waals surface area contributed by atoms with Gasteiger partial charge in [-0.2, -0.15) is 0 Å². The van der Waals surface area contributed by atoms with Crippen LogP contribution in [0, 0.1) is 6.92 Å². The maximum Gasteiger partial charge on any atom is 0.266 e. The van der Waals surface area contributed by atoms with E-state index in [0.29, 0.717) is 10.9 Å². The predicted molar refractivity (Wildman–Crippen MR) is 85.2 cm³/mol. The molecule has 0 radical (unpaired) electrons. The number of hydrogen-bond acceptors (Lipinski definition) is 5. The van der Waals surface area contributed by atoms with Crippen LogP contribution in [-0.4, -0.2) is 22.2 Å². The molecule has 1 aromatic heterocycles. The van der Waals surface area contributed by atoms with Crippen molar-refractivity contribution in [2.75, 3.05) is 5.32 Å². The number of nitrogens with one attached hydrogen (secondary N) is 1. The van der Waals surface area contributed by atoms with Gasteiger partial charge in [0.05, 0.1) is 4.47 Å². The lowest BCUT2D eigenvalue weighted by atomic mass is 10.3. The number of amides is 1. The fourth-order valence-corrected chi connectivity index (χ4v) is 3.10. The van der Waals surface area contributed by atoms with Crippen LogP contribution in [0.5, 0.6) is 5.75 Å². The Morgan fingerprint density at radius 3 is 2.75 bits per heavy atom. The van der Waals surface area contributed by atoms with Crippen molar-refractivity contribution >= 4 is 54.2 Å². The van der Waals surface area contributed by atoms with Gasteiger partial charge in [-0.25, -0.2) is 0 Å². The summed E-state index contributed by atoms with van der Waals surface area (Å²) in [6, 6.07) is 5.49. The average Bonchev–Trinajstić information content (AvgIpc) is 2.78. The lowest BCUT2D eigenvalue weighted by Gasteiger charge is -2.14. The number of halogens is 2. The van der Waals surface area contributed by atoms with Crippen LogP contribution in [0.4, 0.5) is 5.13 Å². The standard InChI is InChI=1S/C12H11Br2N3O2S/c1-6(11(18)15-12-17-16-7(2)20-12)19-10-4-3-8(13)5-9(10)14/h3-6H,1-2H3,(H,15,17,18). The summed E-state index contributed by atoms with van der Waals surface area (Å²) in [5, 5.41) is 11.6. The summed E-state index contributed by atoms with van der Waals surface area (Å²) < 4.78 is 7.32. The molecule has 1 aromatic carbocycles.